The Morgan fingerprint density at radius 2 is 0.750 bits per heavy atom. The van der Waals surface area contributed by atoms with Crippen molar-refractivity contribution >= 4 is 23.5 Å². The lowest BCUT2D eigenvalue weighted by atomic mass is 9.83. The van der Waals surface area contributed by atoms with Gasteiger partial charge in [0.15, 0.2) is 46.5 Å². The van der Waals surface area contributed by atoms with Crippen LogP contribution in [-0.2, 0) is 22.3 Å². The van der Waals surface area contributed by atoms with Gasteiger partial charge in [-0.25, -0.2) is 43.9 Å². The molecule has 5 rings (SSSR count). The number of rotatable bonds is 8. The Balaban J connectivity index is 1.51. The normalized spacial score (nSPS) is 16.9. The zero-order valence-electron chi connectivity index (χ0n) is 31.6. The Labute approximate surface area is 328 Å². The summed E-state index contributed by atoms with van der Waals surface area (Å²) in [5, 5.41) is 22.5. The van der Waals surface area contributed by atoms with Crippen molar-refractivity contribution in [3.8, 4) is 33.8 Å². The summed E-state index contributed by atoms with van der Waals surface area (Å²) < 4.78 is 145. The third kappa shape index (κ3) is 8.66. The van der Waals surface area contributed by atoms with Gasteiger partial charge in [-0.3, -0.25) is 0 Å². The van der Waals surface area contributed by atoms with Crippen molar-refractivity contribution in [2.75, 3.05) is 0 Å². The second-order valence-electron chi connectivity index (χ2n) is 16.1. The predicted octanol–water partition coefficient (Wildman–Crippen LogP) is 13.7. The summed E-state index contributed by atoms with van der Waals surface area (Å²) in [7, 11) is 0. The van der Waals surface area contributed by atoms with E-state index < -0.39 is 103 Å². The molecule has 0 aromatic heterocycles. The molecule has 0 heterocycles. The topological polar surface area (TPSA) is 40.5 Å². The van der Waals surface area contributed by atoms with Gasteiger partial charge in [0.25, 0.3) is 0 Å². The van der Waals surface area contributed by atoms with E-state index in [2.05, 4.69) is 0 Å². The highest BCUT2D eigenvalue weighted by molar-refractivity contribution is 8.03. The van der Waals surface area contributed by atoms with Crippen molar-refractivity contribution in [2.45, 2.75) is 113 Å². The van der Waals surface area contributed by atoms with E-state index in [0.717, 1.165) is 25.7 Å². The molecule has 2 N–H and O–H groups in total. The first kappa shape index (κ1) is 43.6. The largest absolute Gasteiger partial charge is 0.507 e. The van der Waals surface area contributed by atoms with Crippen LogP contribution in [0, 0.1) is 58.2 Å². The first-order valence-electron chi connectivity index (χ1n) is 18.1. The minimum atomic E-state index is -2.31. The van der Waals surface area contributed by atoms with Crippen LogP contribution in [0.5, 0.6) is 11.5 Å². The highest BCUT2D eigenvalue weighted by Crippen LogP contribution is 2.46. The number of aromatic hydroxyl groups is 2. The third-order valence-corrected chi connectivity index (χ3v) is 13.2. The quantitative estimate of drug-likeness (QED) is 0.105. The molecule has 4 aromatic rings. The van der Waals surface area contributed by atoms with Gasteiger partial charge in [-0.15, -0.1) is 0 Å². The van der Waals surface area contributed by atoms with E-state index in [4.69, 9.17) is 0 Å². The van der Waals surface area contributed by atoms with Crippen LogP contribution in [0.1, 0.15) is 102 Å². The Morgan fingerprint density at radius 3 is 1.04 bits per heavy atom. The number of phenols is 2. The van der Waals surface area contributed by atoms with E-state index in [-0.39, 0.29) is 33.1 Å². The van der Waals surface area contributed by atoms with Crippen LogP contribution >= 0.6 is 23.5 Å². The Hall–Kier alpha value is -3.52. The van der Waals surface area contributed by atoms with Gasteiger partial charge in [-0.2, -0.15) is 23.5 Å². The SMILES string of the molecule is CC(C)(C)c1cc(CS[C@H]2CCCCCC[C@@H]2SCc2cc(C(C)(C)C)cc(-c3c(F)c(F)c(F)c(F)c3F)c2O)c(O)c(-c2c(F)c(F)c(F)c(F)c2F)c1. The summed E-state index contributed by atoms with van der Waals surface area (Å²) in [6, 6.07) is 5.71. The number of phenolic OH excluding ortho intramolecular Hbond substituents is 2. The molecular weight excluding hydrogens is 791 g/mol. The first-order chi connectivity index (χ1) is 26.1. The summed E-state index contributed by atoms with van der Waals surface area (Å²) in [5.74, 6) is -22.5. The maximum Gasteiger partial charge on any atom is 0.200 e. The fourth-order valence-corrected chi connectivity index (χ4v) is 9.80. The van der Waals surface area contributed by atoms with Crippen molar-refractivity contribution in [2.24, 2.45) is 0 Å². The molecule has 0 saturated heterocycles. The fourth-order valence-electron chi connectivity index (χ4n) is 6.73. The second-order valence-corrected chi connectivity index (χ2v) is 18.6. The molecule has 0 aliphatic heterocycles. The molecule has 0 unspecified atom stereocenters. The van der Waals surface area contributed by atoms with Crippen LogP contribution in [-0.4, -0.2) is 20.7 Å². The standard InChI is InChI=1S/C42H42F10O2S2/c1-41(2,3)21-13-19(39(53)23(15-21)27-29(43)33(47)37(51)34(48)30(27)44)17-55-25-11-9-7-8-10-12-26(25)56-18-20-14-22(42(4,5)6)16-24(40(20)54)28-31(45)35(49)38(52)36(50)32(28)46/h13-16,25-26,53-54H,7-12,17-18H2,1-6H3/t25-,26-/m0/s1. The highest BCUT2D eigenvalue weighted by Gasteiger charge is 2.33. The number of benzene rings is 4. The molecule has 0 radical (unpaired) electrons. The molecule has 2 nitrogen and oxygen atoms in total. The van der Waals surface area contributed by atoms with E-state index in [9.17, 15) is 36.6 Å². The Morgan fingerprint density at radius 1 is 0.464 bits per heavy atom. The smallest absolute Gasteiger partial charge is 0.200 e. The zero-order valence-corrected chi connectivity index (χ0v) is 33.2. The molecule has 14 heteroatoms. The molecule has 56 heavy (non-hydrogen) atoms. The Bertz CT molecular complexity index is 1930. The van der Waals surface area contributed by atoms with Crippen molar-refractivity contribution in [1.29, 1.82) is 0 Å². The van der Waals surface area contributed by atoms with Crippen molar-refractivity contribution < 1.29 is 54.1 Å². The average Bonchev–Trinajstić information content (AvgIpc) is 3.12. The van der Waals surface area contributed by atoms with Crippen molar-refractivity contribution in [3.63, 3.8) is 0 Å². The summed E-state index contributed by atoms with van der Waals surface area (Å²) in [6.07, 6.45) is 4.99. The van der Waals surface area contributed by atoms with Crippen LogP contribution in [0.15, 0.2) is 24.3 Å². The summed E-state index contributed by atoms with van der Waals surface area (Å²) in [5.41, 5.74) is -3.48. The van der Waals surface area contributed by atoms with Gasteiger partial charge in [0.05, 0.1) is 11.1 Å². The van der Waals surface area contributed by atoms with Crippen molar-refractivity contribution in [3.05, 3.63) is 105 Å². The fraction of sp³-hybridized carbons (Fsp3) is 0.429. The molecule has 0 amide bonds. The first-order valence-corrected chi connectivity index (χ1v) is 20.1. The monoisotopic (exact) mass is 832 g/mol. The number of hydrogen-bond acceptors (Lipinski definition) is 4. The highest BCUT2D eigenvalue weighted by atomic mass is 32.2. The number of hydrogen-bond donors (Lipinski definition) is 2. The van der Waals surface area contributed by atoms with Gasteiger partial charge in [0, 0.05) is 44.3 Å². The zero-order chi connectivity index (χ0) is 41.6. The van der Waals surface area contributed by atoms with Crippen LogP contribution in [0.4, 0.5) is 43.9 Å². The predicted molar refractivity (Wildman–Crippen MR) is 202 cm³/mol. The van der Waals surface area contributed by atoms with Crippen LogP contribution in [0.25, 0.3) is 22.3 Å². The van der Waals surface area contributed by atoms with Crippen LogP contribution in [0.2, 0.25) is 0 Å². The summed E-state index contributed by atoms with van der Waals surface area (Å²) in [4.78, 5) is 0. The summed E-state index contributed by atoms with van der Waals surface area (Å²) in [6.45, 7) is 10.8. The van der Waals surface area contributed by atoms with Gasteiger partial charge in [0.2, 0.25) is 11.6 Å². The molecule has 0 spiro atoms. The minimum Gasteiger partial charge on any atom is -0.507 e. The maximum absolute atomic E-state index is 15.1. The van der Waals surface area contributed by atoms with E-state index in [0.29, 0.717) is 24.0 Å². The molecule has 304 valence electrons. The lowest BCUT2D eigenvalue weighted by molar-refractivity contribution is 0.380. The van der Waals surface area contributed by atoms with Gasteiger partial charge >= 0.3 is 0 Å². The van der Waals surface area contributed by atoms with E-state index in [1.54, 1.807) is 53.7 Å². The van der Waals surface area contributed by atoms with Crippen LogP contribution in [0.3, 0.4) is 0 Å². The molecule has 1 saturated carbocycles. The maximum atomic E-state index is 15.1. The molecule has 1 fully saturated rings. The van der Waals surface area contributed by atoms with Gasteiger partial charge in [-0.1, -0.05) is 79.4 Å². The van der Waals surface area contributed by atoms with Crippen molar-refractivity contribution in [1.82, 2.24) is 0 Å². The molecule has 2 atom stereocenters. The third-order valence-electron chi connectivity index (χ3n) is 10.1. The minimum absolute atomic E-state index is 0.0923. The molecule has 4 aromatic carbocycles. The lowest BCUT2D eigenvalue weighted by Gasteiger charge is -2.30. The number of thioether (sulfide) groups is 2. The molecular formula is C42H42F10O2S2. The molecule has 0 bridgehead atoms. The average molecular weight is 833 g/mol. The van der Waals surface area contributed by atoms with E-state index in [1.807, 2.05) is 0 Å². The number of halogens is 10. The summed E-state index contributed by atoms with van der Waals surface area (Å²) >= 11 is 2.87. The van der Waals surface area contributed by atoms with Gasteiger partial charge < -0.3 is 10.2 Å². The second kappa shape index (κ2) is 16.8. The molecule has 1 aliphatic carbocycles. The van der Waals surface area contributed by atoms with E-state index >= 15 is 17.6 Å². The molecule has 1 aliphatic rings. The Kier molecular flexibility index (Phi) is 13.0. The van der Waals surface area contributed by atoms with Crippen LogP contribution < -0.4 is 0 Å². The lowest BCUT2D eigenvalue weighted by Crippen LogP contribution is -2.22. The van der Waals surface area contributed by atoms with Gasteiger partial charge in [-0.05, 0) is 46.9 Å². The van der Waals surface area contributed by atoms with E-state index in [1.165, 1.54) is 35.7 Å². The van der Waals surface area contributed by atoms with Gasteiger partial charge in [0.1, 0.15) is 11.5 Å².